The minimum atomic E-state index is -2.45. The highest BCUT2D eigenvalue weighted by Gasteiger charge is 2.51. The standard InChI is InChI=1S/C5H6F2NO/c6-4(7)5(1-2-5)8-3-9/h4H,1-2H2,(H,8,9). The fourth-order valence-corrected chi connectivity index (χ4v) is 0.634. The minimum absolute atomic E-state index is 0.375. The maximum atomic E-state index is 11.8. The maximum absolute atomic E-state index is 11.8. The monoisotopic (exact) mass is 134 g/mol. The van der Waals surface area contributed by atoms with Crippen LogP contribution in [0.3, 0.4) is 0 Å². The van der Waals surface area contributed by atoms with E-state index >= 15 is 0 Å². The van der Waals surface area contributed by atoms with Gasteiger partial charge in [-0.05, 0) is 12.8 Å². The third-order valence-corrected chi connectivity index (χ3v) is 1.51. The lowest BCUT2D eigenvalue weighted by molar-refractivity contribution is 0.0950. The molecule has 51 valence electrons. The van der Waals surface area contributed by atoms with Crippen LogP contribution < -0.4 is 5.32 Å². The molecule has 1 aliphatic rings. The minimum Gasteiger partial charge on any atom is -0.337 e. The third-order valence-electron chi connectivity index (χ3n) is 1.51. The molecule has 4 heteroatoms. The number of amides is 1. The Kier molecular flexibility index (Phi) is 1.38. The van der Waals surface area contributed by atoms with Crippen LogP contribution in [0.1, 0.15) is 12.8 Å². The predicted molar refractivity (Wildman–Crippen MR) is 26.8 cm³/mol. The van der Waals surface area contributed by atoms with E-state index in [9.17, 15) is 13.6 Å². The summed E-state index contributed by atoms with van der Waals surface area (Å²) in [6, 6.07) is 0. The summed E-state index contributed by atoms with van der Waals surface area (Å²) in [5.74, 6) is 0. The summed E-state index contributed by atoms with van der Waals surface area (Å²) in [6.45, 7) is 0. The quantitative estimate of drug-likeness (QED) is 0.557. The number of halogens is 2. The Morgan fingerprint density at radius 2 is 2.11 bits per heavy atom. The Morgan fingerprint density at radius 3 is 2.22 bits per heavy atom. The van der Waals surface area contributed by atoms with Gasteiger partial charge in [-0.15, -0.1) is 0 Å². The van der Waals surface area contributed by atoms with E-state index < -0.39 is 12.0 Å². The fraction of sp³-hybridized carbons (Fsp3) is 0.800. The van der Waals surface area contributed by atoms with E-state index in [0.29, 0.717) is 12.8 Å². The lowest BCUT2D eigenvalue weighted by Gasteiger charge is -2.09. The number of hydrogen-bond acceptors (Lipinski definition) is 1. The van der Waals surface area contributed by atoms with E-state index in [0.717, 1.165) is 0 Å². The summed E-state index contributed by atoms with van der Waals surface area (Å²) < 4.78 is 23.6. The summed E-state index contributed by atoms with van der Waals surface area (Å²) in [4.78, 5) is 9.60. The van der Waals surface area contributed by atoms with E-state index in [2.05, 4.69) is 0 Å². The number of carbonyl (C=O) groups excluding carboxylic acids is 1. The molecular formula is C5H6F2NO. The van der Waals surface area contributed by atoms with Crippen LogP contribution in [0.5, 0.6) is 0 Å². The number of alkyl halides is 2. The zero-order valence-electron chi connectivity index (χ0n) is 4.66. The van der Waals surface area contributed by atoms with Crippen molar-refractivity contribution in [1.29, 1.82) is 0 Å². The molecule has 0 spiro atoms. The zero-order valence-corrected chi connectivity index (χ0v) is 4.66. The van der Waals surface area contributed by atoms with Crippen LogP contribution in [0, 0.1) is 0 Å². The second-order valence-electron chi connectivity index (χ2n) is 2.18. The summed E-state index contributed by atoms with van der Waals surface area (Å²) in [5.41, 5.74) is -1.21. The molecule has 0 aliphatic heterocycles. The van der Waals surface area contributed by atoms with Crippen LogP contribution in [0.2, 0.25) is 0 Å². The van der Waals surface area contributed by atoms with Crippen molar-refractivity contribution in [1.82, 2.24) is 5.32 Å². The van der Waals surface area contributed by atoms with Crippen molar-refractivity contribution in [3.8, 4) is 0 Å². The number of rotatable bonds is 3. The highest BCUT2D eigenvalue weighted by molar-refractivity contribution is 5.50. The average molecular weight is 134 g/mol. The first-order chi connectivity index (χ1) is 4.21. The van der Waals surface area contributed by atoms with Crippen molar-refractivity contribution < 1.29 is 13.6 Å². The molecule has 1 saturated carbocycles. The molecular weight excluding hydrogens is 128 g/mol. The number of nitrogens with one attached hydrogen (secondary N) is 1. The molecule has 1 N–H and O–H groups in total. The van der Waals surface area contributed by atoms with Crippen LogP contribution in [-0.4, -0.2) is 18.4 Å². The summed E-state index contributed by atoms with van der Waals surface area (Å²) >= 11 is 0. The van der Waals surface area contributed by atoms with Gasteiger partial charge in [0, 0.05) is 0 Å². The van der Waals surface area contributed by atoms with Gasteiger partial charge in [0.25, 0.3) is 6.43 Å². The van der Waals surface area contributed by atoms with E-state index in [1.54, 1.807) is 0 Å². The van der Waals surface area contributed by atoms with Crippen molar-refractivity contribution in [3.63, 3.8) is 0 Å². The van der Waals surface area contributed by atoms with E-state index in [-0.39, 0.29) is 0 Å². The Hall–Kier alpha value is -0.670. The summed E-state index contributed by atoms with van der Waals surface area (Å²) in [6.07, 6.45) is -0.424. The largest absolute Gasteiger partial charge is 0.337 e. The smallest absolute Gasteiger partial charge is 0.309 e. The van der Waals surface area contributed by atoms with Crippen LogP contribution in [-0.2, 0) is 4.79 Å². The van der Waals surface area contributed by atoms with Gasteiger partial charge >= 0.3 is 6.41 Å². The molecule has 1 aliphatic carbocycles. The van der Waals surface area contributed by atoms with Crippen LogP contribution in [0.25, 0.3) is 0 Å². The Balaban J connectivity index is 2.42. The molecule has 1 amide bonds. The molecule has 0 aromatic carbocycles. The first-order valence-electron chi connectivity index (χ1n) is 2.64. The van der Waals surface area contributed by atoms with Crippen molar-refractivity contribution in [2.75, 3.05) is 0 Å². The summed E-state index contributed by atoms with van der Waals surface area (Å²) in [7, 11) is 0. The second kappa shape index (κ2) is 1.93. The third kappa shape index (κ3) is 1.01. The van der Waals surface area contributed by atoms with Crippen LogP contribution in [0.15, 0.2) is 0 Å². The van der Waals surface area contributed by atoms with Gasteiger partial charge in [0.05, 0.1) is 0 Å². The SMILES string of the molecule is O=[C]NC1(C(F)F)CC1. The van der Waals surface area contributed by atoms with E-state index in [4.69, 9.17) is 0 Å². The normalized spacial score (nSPS) is 21.7. The first kappa shape index (κ1) is 6.45. The van der Waals surface area contributed by atoms with Gasteiger partial charge in [0.1, 0.15) is 5.54 Å². The lowest BCUT2D eigenvalue weighted by atomic mass is 10.3. The van der Waals surface area contributed by atoms with Gasteiger partial charge in [-0.3, -0.25) is 4.79 Å². The summed E-state index contributed by atoms with van der Waals surface area (Å²) in [5, 5.41) is 1.98. The van der Waals surface area contributed by atoms with Gasteiger partial charge in [0.2, 0.25) is 0 Å². The van der Waals surface area contributed by atoms with Crippen LogP contribution >= 0.6 is 0 Å². The van der Waals surface area contributed by atoms with Gasteiger partial charge in [-0.2, -0.15) is 0 Å². The molecule has 0 unspecified atom stereocenters. The maximum Gasteiger partial charge on any atom is 0.309 e. The van der Waals surface area contributed by atoms with Crippen molar-refractivity contribution in [2.45, 2.75) is 24.8 Å². The van der Waals surface area contributed by atoms with Crippen LogP contribution in [0.4, 0.5) is 8.78 Å². The average Bonchev–Trinajstić information content (AvgIpc) is 2.49. The topological polar surface area (TPSA) is 29.1 Å². The van der Waals surface area contributed by atoms with Gasteiger partial charge in [0.15, 0.2) is 0 Å². The van der Waals surface area contributed by atoms with E-state index in [1.807, 2.05) is 5.32 Å². The molecule has 9 heavy (non-hydrogen) atoms. The van der Waals surface area contributed by atoms with Crippen molar-refractivity contribution >= 4 is 6.41 Å². The molecule has 0 atom stereocenters. The Bertz CT molecular complexity index is 122. The van der Waals surface area contributed by atoms with Gasteiger partial charge < -0.3 is 5.32 Å². The first-order valence-corrected chi connectivity index (χ1v) is 2.64. The molecule has 1 rings (SSSR count). The zero-order chi connectivity index (χ0) is 6.91. The lowest BCUT2D eigenvalue weighted by Crippen LogP contribution is -2.36. The van der Waals surface area contributed by atoms with Gasteiger partial charge in [-0.1, -0.05) is 0 Å². The molecule has 1 radical (unpaired) electrons. The van der Waals surface area contributed by atoms with E-state index in [1.165, 1.54) is 6.41 Å². The molecule has 0 heterocycles. The Labute approximate surface area is 51.2 Å². The molecule has 0 saturated heterocycles. The second-order valence-corrected chi connectivity index (χ2v) is 2.18. The fourth-order valence-electron chi connectivity index (χ4n) is 0.634. The number of hydrogen-bond donors (Lipinski definition) is 1. The molecule has 0 aromatic heterocycles. The molecule has 0 bridgehead atoms. The van der Waals surface area contributed by atoms with Crippen molar-refractivity contribution in [2.24, 2.45) is 0 Å². The van der Waals surface area contributed by atoms with Crippen molar-refractivity contribution in [3.05, 3.63) is 0 Å². The molecule has 0 aromatic rings. The Morgan fingerprint density at radius 1 is 1.56 bits per heavy atom. The highest BCUT2D eigenvalue weighted by Crippen LogP contribution is 2.40. The molecule has 1 fully saturated rings. The highest BCUT2D eigenvalue weighted by atomic mass is 19.3. The predicted octanol–water partition coefficient (Wildman–Crippen LogP) is 0.441. The molecule has 2 nitrogen and oxygen atoms in total. The van der Waals surface area contributed by atoms with Gasteiger partial charge in [-0.25, -0.2) is 8.78 Å².